The van der Waals surface area contributed by atoms with Gasteiger partial charge in [0.05, 0.1) is 0 Å². The molecule has 0 saturated heterocycles. The fourth-order valence-electron chi connectivity index (χ4n) is 2.97. The van der Waals surface area contributed by atoms with Crippen LogP contribution in [-0.4, -0.2) is 13.0 Å². The van der Waals surface area contributed by atoms with Crippen LogP contribution in [0.15, 0.2) is 33.9 Å². The number of hydrogen-bond acceptors (Lipinski definition) is 0. The maximum atomic E-state index is 4.00. The fourth-order valence-corrected chi connectivity index (χ4v) is 4.43. The Morgan fingerprint density at radius 1 is 0.962 bits per heavy atom. The Morgan fingerprint density at radius 2 is 1.38 bits per heavy atom. The average molecular weight is 438 g/mol. The predicted molar refractivity (Wildman–Crippen MR) is 127 cm³/mol. The van der Waals surface area contributed by atoms with Gasteiger partial charge in [-0.3, -0.25) is 0 Å². The molecule has 0 bridgehead atoms. The smallest absolute Gasteiger partial charge is 0.0115 e. The second-order valence-corrected chi connectivity index (χ2v) is 8.54. The second kappa shape index (κ2) is 18.7. The van der Waals surface area contributed by atoms with Crippen molar-refractivity contribution in [2.24, 2.45) is 5.41 Å². The van der Waals surface area contributed by atoms with E-state index >= 15 is 0 Å². The monoisotopic (exact) mass is 438 g/mol. The van der Waals surface area contributed by atoms with E-state index in [2.05, 4.69) is 52.8 Å². The molecule has 26 heavy (non-hydrogen) atoms. The van der Waals surface area contributed by atoms with Crippen molar-refractivity contribution < 1.29 is 17.1 Å². The summed E-state index contributed by atoms with van der Waals surface area (Å²) in [6.07, 6.45) is 17.3. The van der Waals surface area contributed by atoms with Gasteiger partial charge in [-0.05, 0) is 32.5 Å². The van der Waals surface area contributed by atoms with Gasteiger partial charge in [0.1, 0.15) is 0 Å². The van der Waals surface area contributed by atoms with Crippen LogP contribution in [0.1, 0.15) is 93.9 Å². The average Bonchev–Trinajstić information content (AvgIpc) is 3.37. The molecule has 0 aromatic rings. The molecule has 1 atom stereocenters. The minimum atomic E-state index is 0. The predicted octanol–water partition coefficient (Wildman–Crippen LogP) is 9.21. The van der Waals surface area contributed by atoms with E-state index in [1.54, 1.807) is 0 Å². The summed E-state index contributed by atoms with van der Waals surface area (Å²) in [5.41, 5.74) is 3.18. The van der Waals surface area contributed by atoms with Gasteiger partial charge in [-0.1, -0.05) is 120 Å². The van der Waals surface area contributed by atoms with Gasteiger partial charge in [0.15, 0.2) is 0 Å². The zero-order valence-corrected chi connectivity index (χ0v) is 21.9. The third-order valence-corrected chi connectivity index (χ3v) is 6.77. The summed E-state index contributed by atoms with van der Waals surface area (Å²) in [5.74, 6) is 0. The van der Waals surface area contributed by atoms with E-state index in [1.807, 2.05) is 27.7 Å². The van der Waals surface area contributed by atoms with Crippen molar-refractivity contribution in [2.75, 3.05) is 6.66 Å². The molecule has 3 heteroatoms. The summed E-state index contributed by atoms with van der Waals surface area (Å²) in [7, 11) is 2.06. The van der Waals surface area contributed by atoms with Crippen molar-refractivity contribution in [3.63, 3.8) is 0 Å². The molecule has 154 valence electrons. The summed E-state index contributed by atoms with van der Waals surface area (Å²) in [6.45, 7) is 19.5. The van der Waals surface area contributed by atoms with E-state index in [4.69, 9.17) is 0 Å². The summed E-state index contributed by atoms with van der Waals surface area (Å²) in [5, 5.41) is 2.95. The summed E-state index contributed by atoms with van der Waals surface area (Å²) >= 11 is 0. The van der Waals surface area contributed by atoms with E-state index in [-0.39, 0.29) is 22.5 Å². The molecule has 0 nitrogen and oxygen atoms in total. The minimum absolute atomic E-state index is 0. The first-order valence-corrected chi connectivity index (χ1v) is 12.8. The van der Waals surface area contributed by atoms with Crippen molar-refractivity contribution in [3.05, 3.63) is 33.9 Å². The van der Waals surface area contributed by atoms with E-state index < -0.39 is 0 Å². The van der Waals surface area contributed by atoms with Crippen molar-refractivity contribution in [1.29, 1.82) is 0 Å². The quantitative estimate of drug-likeness (QED) is 0.303. The normalized spacial score (nSPS) is 16.8. The van der Waals surface area contributed by atoms with Crippen LogP contribution >= 0.6 is 16.8 Å². The van der Waals surface area contributed by atoms with Crippen LogP contribution in [0.2, 0.25) is 0 Å². The zero-order valence-electron chi connectivity index (χ0n) is 18.9. The molecule has 0 radical (unpaired) electrons. The summed E-state index contributed by atoms with van der Waals surface area (Å²) in [4.78, 5) is 0. The van der Waals surface area contributed by atoms with Gasteiger partial charge in [0, 0.05) is 27.8 Å². The molecule has 0 heterocycles. The zero-order chi connectivity index (χ0) is 19.9. The Kier molecular flexibility index (Phi) is 22.3. The van der Waals surface area contributed by atoms with Gasteiger partial charge < -0.3 is 0 Å². The van der Waals surface area contributed by atoms with Crippen LogP contribution in [-0.2, 0) is 17.1 Å². The molecule has 0 N–H and O–H groups in total. The Hall–Kier alpha value is 0.339. The topological polar surface area (TPSA) is 0 Å². The number of rotatable bonds is 4. The van der Waals surface area contributed by atoms with Crippen LogP contribution in [0.25, 0.3) is 0 Å². The Morgan fingerprint density at radius 3 is 1.73 bits per heavy atom. The third kappa shape index (κ3) is 10.6. The molecule has 0 aliphatic heterocycles. The van der Waals surface area contributed by atoms with Gasteiger partial charge in [-0.15, -0.1) is 0 Å². The van der Waals surface area contributed by atoms with Crippen molar-refractivity contribution in [2.45, 2.75) is 93.9 Å². The van der Waals surface area contributed by atoms with Gasteiger partial charge in [-0.25, -0.2) is 0 Å². The SMILES string of the molecule is C1CCCC1.C=PC1=CCC=C1C(C)(C)/C(C)=C(/C)PC.CC.CC.[Fe]. The molecule has 0 aromatic carbocycles. The Balaban J connectivity index is -0.000000442. The third-order valence-electron chi connectivity index (χ3n) is 4.88. The first kappa shape index (κ1) is 31.0. The molecule has 0 aromatic heterocycles. The van der Waals surface area contributed by atoms with E-state index in [0.717, 1.165) is 23.2 Å². The first-order chi connectivity index (χ1) is 11.9. The van der Waals surface area contributed by atoms with Crippen LogP contribution in [0.4, 0.5) is 0 Å². The molecular formula is C23H44FeP2. The molecule has 1 fully saturated rings. The largest absolute Gasteiger partial charge is 0.0984 e. The van der Waals surface area contributed by atoms with Crippen LogP contribution in [0.5, 0.6) is 0 Å². The van der Waals surface area contributed by atoms with Gasteiger partial charge in [0.25, 0.3) is 0 Å². The van der Waals surface area contributed by atoms with Gasteiger partial charge in [0.2, 0.25) is 0 Å². The molecule has 2 aliphatic carbocycles. The van der Waals surface area contributed by atoms with Crippen LogP contribution in [0, 0.1) is 5.41 Å². The van der Waals surface area contributed by atoms with Crippen molar-refractivity contribution in [3.8, 4) is 0 Å². The molecule has 1 unspecified atom stereocenters. The molecule has 1 saturated carbocycles. The summed E-state index contributed by atoms with van der Waals surface area (Å²) < 4.78 is 0. The van der Waals surface area contributed by atoms with Crippen LogP contribution in [0.3, 0.4) is 0 Å². The Bertz CT molecular complexity index is 445. The standard InChI is InChI=1S/C14H22P2.C5H10.2C2H6.Fe/c1-10(11(2)15-5)14(3,4)12-8-7-9-13(12)16-6;1-2-4-5-3-1;2*1-2;/h8-9,15H,6-7H2,1-5H3;1-5H2;2*1-2H3;/b11-10-;;;;. The first-order valence-electron chi connectivity index (χ1n) is 10.2. The molecule has 2 aliphatic rings. The Labute approximate surface area is 179 Å². The number of allylic oxidation sites excluding steroid dienone is 6. The second-order valence-electron chi connectivity index (χ2n) is 6.49. The molecule has 0 amide bonds. The maximum Gasteiger partial charge on any atom is 0.0115 e. The van der Waals surface area contributed by atoms with E-state index in [9.17, 15) is 0 Å². The minimum Gasteiger partial charge on any atom is -0.0984 e. The molecule has 0 spiro atoms. The van der Waals surface area contributed by atoms with E-state index in [0.29, 0.717) is 0 Å². The van der Waals surface area contributed by atoms with Crippen LogP contribution < -0.4 is 0 Å². The summed E-state index contributed by atoms with van der Waals surface area (Å²) in [6, 6.07) is 0. The molecular weight excluding hydrogens is 394 g/mol. The number of hydrogen-bond donors (Lipinski definition) is 0. The molecule has 2 rings (SSSR count). The van der Waals surface area contributed by atoms with Crippen molar-refractivity contribution in [1.82, 2.24) is 0 Å². The maximum absolute atomic E-state index is 4.00. The van der Waals surface area contributed by atoms with E-state index in [1.165, 1.54) is 53.9 Å². The van der Waals surface area contributed by atoms with Crippen molar-refractivity contribution >= 4 is 23.1 Å². The fraction of sp³-hybridized carbons (Fsp3) is 0.696. The van der Waals surface area contributed by atoms with Gasteiger partial charge >= 0.3 is 0 Å². The van der Waals surface area contributed by atoms with Gasteiger partial charge in [-0.2, -0.15) is 0 Å².